The molecule has 19 heavy (non-hydrogen) atoms. The van der Waals surface area contributed by atoms with Gasteiger partial charge in [-0.05, 0) is 36.4 Å². The Labute approximate surface area is 120 Å². The quantitative estimate of drug-likeness (QED) is 0.869. The minimum atomic E-state index is 0. The Morgan fingerprint density at radius 3 is 2.63 bits per heavy atom. The Morgan fingerprint density at radius 1 is 1.16 bits per heavy atom. The number of nitrogens with zero attached hydrogens (tertiary/aromatic N) is 2. The van der Waals surface area contributed by atoms with Crippen LogP contribution in [0.2, 0.25) is 0 Å². The van der Waals surface area contributed by atoms with Crippen LogP contribution in [-0.2, 0) is 0 Å². The van der Waals surface area contributed by atoms with Gasteiger partial charge in [0, 0.05) is 37.8 Å². The van der Waals surface area contributed by atoms with Gasteiger partial charge in [-0.1, -0.05) is 12.1 Å². The van der Waals surface area contributed by atoms with Crippen molar-refractivity contribution in [1.82, 2.24) is 10.3 Å². The molecule has 1 saturated heterocycles. The van der Waals surface area contributed by atoms with Crippen molar-refractivity contribution in [2.75, 3.05) is 31.1 Å². The minimum Gasteiger partial charge on any atom is -0.354 e. The Morgan fingerprint density at radius 2 is 1.89 bits per heavy atom. The lowest BCUT2D eigenvalue weighted by molar-refractivity contribution is 0.585. The van der Waals surface area contributed by atoms with Crippen LogP contribution in [0.25, 0.3) is 10.8 Å². The second kappa shape index (κ2) is 5.76. The molecule has 1 fully saturated rings. The van der Waals surface area contributed by atoms with Crippen molar-refractivity contribution >= 4 is 29.0 Å². The third kappa shape index (κ3) is 2.67. The van der Waals surface area contributed by atoms with Crippen molar-refractivity contribution < 1.29 is 0 Å². The van der Waals surface area contributed by atoms with Crippen molar-refractivity contribution in [3.05, 3.63) is 35.5 Å². The van der Waals surface area contributed by atoms with Gasteiger partial charge in [0.1, 0.15) is 5.82 Å². The topological polar surface area (TPSA) is 28.2 Å². The number of aryl methyl sites for hydroxylation is 2. The van der Waals surface area contributed by atoms with Gasteiger partial charge in [0.15, 0.2) is 0 Å². The molecule has 0 saturated carbocycles. The van der Waals surface area contributed by atoms with Crippen molar-refractivity contribution in [2.24, 2.45) is 0 Å². The summed E-state index contributed by atoms with van der Waals surface area (Å²) in [5.74, 6) is 1.10. The summed E-state index contributed by atoms with van der Waals surface area (Å²) in [5.41, 5.74) is 2.67. The molecule has 0 unspecified atom stereocenters. The highest BCUT2D eigenvalue weighted by Crippen LogP contribution is 2.24. The SMILES string of the molecule is Cc1ccc2cc(N3CCNCC3)ncc2c1C.Cl. The number of benzene rings is 1. The van der Waals surface area contributed by atoms with Gasteiger partial charge in [0.25, 0.3) is 0 Å². The molecule has 0 spiro atoms. The van der Waals surface area contributed by atoms with E-state index in [4.69, 9.17) is 0 Å². The Balaban J connectivity index is 0.00000133. The first-order chi connectivity index (χ1) is 8.75. The molecule has 0 radical (unpaired) electrons. The van der Waals surface area contributed by atoms with E-state index in [-0.39, 0.29) is 12.4 Å². The van der Waals surface area contributed by atoms with Gasteiger partial charge >= 0.3 is 0 Å². The molecule has 3 rings (SSSR count). The molecule has 1 aromatic carbocycles. The molecule has 102 valence electrons. The predicted octanol–water partition coefficient (Wildman–Crippen LogP) is 2.68. The van der Waals surface area contributed by atoms with E-state index in [1.807, 2.05) is 6.20 Å². The summed E-state index contributed by atoms with van der Waals surface area (Å²) in [5, 5.41) is 5.93. The van der Waals surface area contributed by atoms with Gasteiger partial charge < -0.3 is 10.2 Å². The minimum absolute atomic E-state index is 0. The lowest BCUT2D eigenvalue weighted by atomic mass is 10.0. The largest absolute Gasteiger partial charge is 0.354 e. The maximum absolute atomic E-state index is 4.63. The van der Waals surface area contributed by atoms with Crippen LogP contribution in [-0.4, -0.2) is 31.2 Å². The van der Waals surface area contributed by atoms with E-state index in [2.05, 4.69) is 47.2 Å². The fraction of sp³-hybridized carbons (Fsp3) is 0.400. The molecule has 1 aromatic heterocycles. The number of halogens is 1. The van der Waals surface area contributed by atoms with Crippen molar-refractivity contribution in [3.63, 3.8) is 0 Å². The Bertz CT molecular complexity index is 577. The first-order valence-corrected chi connectivity index (χ1v) is 6.57. The van der Waals surface area contributed by atoms with Crippen LogP contribution >= 0.6 is 12.4 Å². The monoisotopic (exact) mass is 277 g/mol. The second-order valence-corrected chi connectivity index (χ2v) is 5.01. The van der Waals surface area contributed by atoms with Crippen LogP contribution in [0.5, 0.6) is 0 Å². The van der Waals surface area contributed by atoms with Crippen molar-refractivity contribution in [3.8, 4) is 0 Å². The highest BCUT2D eigenvalue weighted by Gasteiger charge is 2.12. The molecule has 1 aliphatic heterocycles. The van der Waals surface area contributed by atoms with Crippen LogP contribution in [0.3, 0.4) is 0 Å². The fourth-order valence-corrected chi connectivity index (χ4v) is 2.53. The lowest BCUT2D eigenvalue weighted by Gasteiger charge is -2.28. The highest BCUT2D eigenvalue weighted by molar-refractivity contribution is 5.87. The number of nitrogens with one attached hydrogen (secondary N) is 1. The molecule has 1 N–H and O–H groups in total. The Hall–Kier alpha value is -1.32. The van der Waals surface area contributed by atoms with Crippen LogP contribution < -0.4 is 10.2 Å². The highest BCUT2D eigenvalue weighted by atomic mass is 35.5. The van der Waals surface area contributed by atoms with E-state index in [0.717, 1.165) is 32.0 Å². The molecule has 0 atom stereocenters. The number of fused-ring (bicyclic) bond motifs is 1. The van der Waals surface area contributed by atoms with Crippen molar-refractivity contribution in [1.29, 1.82) is 0 Å². The molecule has 4 heteroatoms. The van der Waals surface area contributed by atoms with Crippen molar-refractivity contribution in [2.45, 2.75) is 13.8 Å². The molecule has 0 aliphatic carbocycles. The maximum atomic E-state index is 4.63. The summed E-state index contributed by atoms with van der Waals surface area (Å²) < 4.78 is 0. The number of piperazine rings is 1. The van der Waals surface area contributed by atoms with Crippen LogP contribution in [0.4, 0.5) is 5.82 Å². The summed E-state index contributed by atoms with van der Waals surface area (Å²) in [4.78, 5) is 6.98. The number of anilines is 1. The molecule has 3 nitrogen and oxygen atoms in total. The molecule has 2 heterocycles. The molecule has 0 amide bonds. The number of hydrogen-bond donors (Lipinski definition) is 1. The van der Waals surface area contributed by atoms with Gasteiger partial charge in [-0.15, -0.1) is 12.4 Å². The normalized spacial score (nSPS) is 15.4. The van der Waals surface area contributed by atoms with E-state index in [0.29, 0.717) is 0 Å². The average Bonchev–Trinajstić information content (AvgIpc) is 2.44. The number of hydrogen-bond acceptors (Lipinski definition) is 3. The summed E-state index contributed by atoms with van der Waals surface area (Å²) in [6, 6.07) is 6.61. The van der Waals surface area contributed by atoms with E-state index >= 15 is 0 Å². The van der Waals surface area contributed by atoms with Crippen LogP contribution in [0.1, 0.15) is 11.1 Å². The fourth-order valence-electron chi connectivity index (χ4n) is 2.53. The van der Waals surface area contributed by atoms with Gasteiger partial charge in [-0.3, -0.25) is 0 Å². The summed E-state index contributed by atoms with van der Waals surface area (Å²) in [7, 11) is 0. The first kappa shape index (κ1) is 14.1. The third-order valence-corrected chi connectivity index (χ3v) is 3.87. The molecule has 2 aromatic rings. The lowest BCUT2D eigenvalue weighted by Crippen LogP contribution is -2.43. The number of pyridine rings is 1. The van der Waals surface area contributed by atoms with Gasteiger partial charge in [-0.2, -0.15) is 0 Å². The van der Waals surface area contributed by atoms with Crippen LogP contribution in [0, 0.1) is 13.8 Å². The van der Waals surface area contributed by atoms with E-state index in [1.54, 1.807) is 0 Å². The smallest absolute Gasteiger partial charge is 0.129 e. The van der Waals surface area contributed by atoms with Crippen LogP contribution in [0.15, 0.2) is 24.4 Å². The van der Waals surface area contributed by atoms with E-state index in [9.17, 15) is 0 Å². The first-order valence-electron chi connectivity index (χ1n) is 6.57. The molecular formula is C15H20ClN3. The molecule has 0 bridgehead atoms. The second-order valence-electron chi connectivity index (χ2n) is 5.01. The predicted molar refractivity (Wildman–Crippen MR) is 83.5 cm³/mol. The standard InChI is InChI=1S/C15H19N3.ClH/c1-11-3-4-13-9-15(17-10-14(13)12(11)2)18-7-5-16-6-8-18;/h3-4,9-10,16H,5-8H2,1-2H3;1H. The average molecular weight is 278 g/mol. The third-order valence-electron chi connectivity index (χ3n) is 3.87. The maximum Gasteiger partial charge on any atom is 0.129 e. The van der Waals surface area contributed by atoms with Gasteiger partial charge in [0.2, 0.25) is 0 Å². The summed E-state index contributed by atoms with van der Waals surface area (Å²) in [6.07, 6.45) is 2.02. The Kier molecular flexibility index (Phi) is 4.27. The van der Waals surface area contributed by atoms with Gasteiger partial charge in [0.05, 0.1) is 0 Å². The van der Waals surface area contributed by atoms with E-state index < -0.39 is 0 Å². The van der Waals surface area contributed by atoms with Gasteiger partial charge in [-0.25, -0.2) is 4.98 Å². The zero-order chi connectivity index (χ0) is 12.5. The number of aromatic nitrogens is 1. The summed E-state index contributed by atoms with van der Waals surface area (Å²) >= 11 is 0. The zero-order valence-electron chi connectivity index (χ0n) is 11.4. The number of rotatable bonds is 1. The molecular weight excluding hydrogens is 258 g/mol. The zero-order valence-corrected chi connectivity index (χ0v) is 12.3. The van der Waals surface area contributed by atoms with E-state index in [1.165, 1.54) is 21.9 Å². The molecule has 1 aliphatic rings. The summed E-state index contributed by atoms with van der Waals surface area (Å²) in [6.45, 7) is 8.51.